The second kappa shape index (κ2) is 6.93. The van der Waals surface area contributed by atoms with Crippen LogP contribution in [0.15, 0.2) is 36.5 Å². The Hall–Kier alpha value is -0.830. The van der Waals surface area contributed by atoms with Gasteiger partial charge in [-0.1, -0.05) is 18.2 Å². The van der Waals surface area contributed by atoms with Crippen LogP contribution in [0, 0.1) is 0 Å². The third kappa shape index (κ3) is 2.94. The second-order valence-corrected chi connectivity index (χ2v) is 4.44. The van der Waals surface area contributed by atoms with Crippen LogP contribution in [-0.4, -0.2) is 18.1 Å². The van der Waals surface area contributed by atoms with Gasteiger partial charge in [-0.3, -0.25) is 4.98 Å². The van der Waals surface area contributed by atoms with E-state index in [0.29, 0.717) is 5.92 Å². The van der Waals surface area contributed by atoms with Crippen LogP contribution in [0.3, 0.4) is 0 Å². The number of nitrogens with zero attached hydrogens (tertiary/aromatic N) is 1. The number of hydrogen-bond donors (Lipinski definition) is 1. The Morgan fingerprint density at radius 2 is 1.72 bits per heavy atom. The number of nitrogens with one attached hydrogen (secondary N) is 1. The van der Waals surface area contributed by atoms with Crippen molar-refractivity contribution in [1.29, 1.82) is 0 Å². The molecule has 98 valence electrons. The van der Waals surface area contributed by atoms with Crippen molar-refractivity contribution >= 4 is 35.7 Å². The minimum absolute atomic E-state index is 0. The van der Waals surface area contributed by atoms with E-state index < -0.39 is 0 Å². The number of rotatable bonds is 1. The number of halogens is 2. The van der Waals surface area contributed by atoms with Gasteiger partial charge in [0.2, 0.25) is 0 Å². The maximum Gasteiger partial charge on any atom is 0.0704 e. The van der Waals surface area contributed by atoms with Gasteiger partial charge in [0.1, 0.15) is 0 Å². The van der Waals surface area contributed by atoms with Crippen molar-refractivity contribution in [2.24, 2.45) is 0 Å². The molecule has 0 atom stereocenters. The van der Waals surface area contributed by atoms with Crippen LogP contribution in [0.2, 0.25) is 0 Å². The maximum absolute atomic E-state index is 4.42. The van der Waals surface area contributed by atoms with E-state index in [9.17, 15) is 0 Å². The van der Waals surface area contributed by atoms with E-state index >= 15 is 0 Å². The van der Waals surface area contributed by atoms with E-state index in [1.807, 2.05) is 6.20 Å². The van der Waals surface area contributed by atoms with E-state index in [1.54, 1.807) is 0 Å². The molecule has 0 bridgehead atoms. The summed E-state index contributed by atoms with van der Waals surface area (Å²) in [5, 5.41) is 4.75. The molecule has 0 amide bonds. The molecule has 0 aliphatic carbocycles. The van der Waals surface area contributed by atoms with Crippen LogP contribution in [-0.2, 0) is 0 Å². The average Bonchev–Trinajstić information content (AvgIpc) is 2.39. The van der Waals surface area contributed by atoms with Crippen LogP contribution < -0.4 is 5.32 Å². The molecule has 1 aliphatic heterocycles. The number of benzene rings is 1. The summed E-state index contributed by atoms with van der Waals surface area (Å²) in [6.45, 7) is 2.28. The summed E-state index contributed by atoms with van der Waals surface area (Å²) in [6.07, 6.45) is 4.43. The van der Waals surface area contributed by atoms with Gasteiger partial charge in [0.15, 0.2) is 0 Å². The lowest BCUT2D eigenvalue weighted by molar-refractivity contribution is 0.462. The third-order valence-electron chi connectivity index (χ3n) is 3.46. The van der Waals surface area contributed by atoms with Crippen molar-refractivity contribution in [3.8, 4) is 0 Å². The summed E-state index contributed by atoms with van der Waals surface area (Å²) in [4.78, 5) is 4.42. The normalized spacial score (nSPS) is 15.8. The lowest BCUT2D eigenvalue weighted by Crippen LogP contribution is -2.26. The molecule has 0 radical (unpaired) electrons. The maximum atomic E-state index is 4.42. The smallest absolute Gasteiger partial charge is 0.0704 e. The molecule has 2 nitrogen and oxygen atoms in total. The van der Waals surface area contributed by atoms with Crippen molar-refractivity contribution in [3.63, 3.8) is 0 Å². The number of para-hydroxylation sites is 1. The Balaban J connectivity index is 0.000000810. The van der Waals surface area contributed by atoms with Crippen LogP contribution in [0.1, 0.15) is 24.3 Å². The first-order valence-electron chi connectivity index (χ1n) is 5.99. The summed E-state index contributed by atoms with van der Waals surface area (Å²) >= 11 is 0. The van der Waals surface area contributed by atoms with Gasteiger partial charge < -0.3 is 5.32 Å². The highest BCUT2D eigenvalue weighted by Crippen LogP contribution is 2.30. The van der Waals surface area contributed by atoms with Gasteiger partial charge >= 0.3 is 0 Å². The van der Waals surface area contributed by atoms with Crippen molar-refractivity contribution < 1.29 is 0 Å². The Kier molecular flexibility index (Phi) is 5.86. The highest BCUT2D eigenvalue weighted by Gasteiger charge is 2.17. The van der Waals surface area contributed by atoms with Gasteiger partial charge in [-0.2, -0.15) is 0 Å². The van der Waals surface area contributed by atoms with E-state index in [0.717, 1.165) is 18.6 Å². The molecule has 0 spiro atoms. The molecule has 2 aromatic rings. The highest BCUT2D eigenvalue weighted by atomic mass is 35.5. The van der Waals surface area contributed by atoms with Gasteiger partial charge in [0, 0.05) is 11.6 Å². The van der Waals surface area contributed by atoms with Gasteiger partial charge in [0.05, 0.1) is 5.52 Å². The molecule has 1 aromatic carbocycles. The number of aromatic nitrogens is 1. The van der Waals surface area contributed by atoms with Crippen LogP contribution in [0.5, 0.6) is 0 Å². The standard InChI is InChI=1S/C14H16N2.2ClH/c1-2-4-14-13(3-1)12(7-10-16-14)11-5-8-15-9-6-11;;/h1-4,7,10-11,15H,5-6,8-9H2;2*1H. The van der Waals surface area contributed by atoms with Crippen LogP contribution in [0.4, 0.5) is 0 Å². The monoisotopic (exact) mass is 284 g/mol. The fourth-order valence-corrected chi connectivity index (χ4v) is 2.61. The van der Waals surface area contributed by atoms with E-state index in [2.05, 4.69) is 40.6 Å². The molecule has 4 heteroatoms. The zero-order valence-electron chi connectivity index (χ0n) is 10.1. The van der Waals surface area contributed by atoms with Crippen molar-refractivity contribution in [2.75, 3.05) is 13.1 Å². The Labute approximate surface area is 120 Å². The number of hydrogen-bond acceptors (Lipinski definition) is 2. The van der Waals surface area contributed by atoms with Gasteiger partial charge in [-0.15, -0.1) is 24.8 Å². The molecular formula is C14H18Cl2N2. The molecule has 1 N–H and O–H groups in total. The first kappa shape index (κ1) is 15.2. The molecule has 18 heavy (non-hydrogen) atoms. The van der Waals surface area contributed by atoms with E-state index in [1.165, 1.54) is 23.8 Å². The molecular weight excluding hydrogens is 267 g/mol. The fraction of sp³-hybridized carbons (Fsp3) is 0.357. The molecule has 0 unspecified atom stereocenters. The Bertz CT molecular complexity index is 491. The minimum atomic E-state index is 0. The van der Waals surface area contributed by atoms with E-state index in [4.69, 9.17) is 0 Å². The second-order valence-electron chi connectivity index (χ2n) is 4.44. The zero-order chi connectivity index (χ0) is 10.8. The Morgan fingerprint density at radius 1 is 1.00 bits per heavy atom. The molecule has 0 saturated carbocycles. The fourth-order valence-electron chi connectivity index (χ4n) is 2.61. The van der Waals surface area contributed by atoms with Crippen molar-refractivity contribution in [2.45, 2.75) is 18.8 Å². The van der Waals surface area contributed by atoms with Crippen molar-refractivity contribution in [1.82, 2.24) is 10.3 Å². The molecule has 1 fully saturated rings. The molecule has 1 saturated heterocycles. The molecule has 1 aliphatic rings. The molecule has 2 heterocycles. The average molecular weight is 285 g/mol. The SMILES string of the molecule is Cl.Cl.c1ccc2c(C3CCNCC3)ccnc2c1. The summed E-state index contributed by atoms with van der Waals surface area (Å²) in [7, 11) is 0. The Morgan fingerprint density at radius 3 is 2.50 bits per heavy atom. The lowest BCUT2D eigenvalue weighted by Gasteiger charge is -2.23. The van der Waals surface area contributed by atoms with Gasteiger partial charge in [0.25, 0.3) is 0 Å². The van der Waals surface area contributed by atoms with Crippen LogP contribution >= 0.6 is 24.8 Å². The summed E-state index contributed by atoms with van der Waals surface area (Å²) < 4.78 is 0. The zero-order valence-corrected chi connectivity index (χ0v) is 11.8. The molecule has 1 aromatic heterocycles. The number of pyridine rings is 1. The highest BCUT2D eigenvalue weighted by molar-refractivity contribution is 5.85. The topological polar surface area (TPSA) is 24.9 Å². The summed E-state index contributed by atoms with van der Waals surface area (Å²) in [5.41, 5.74) is 2.60. The first-order valence-corrected chi connectivity index (χ1v) is 5.99. The predicted molar refractivity (Wildman–Crippen MR) is 81.1 cm³/mol. The first-order chi connectivity index (χ1) is 7.95. The van der Waals surface area contributed by atoms with Crippen LogP contribution in [0.25, 0.3) is 10.9 Å². The van der Waals surface area contributed by atoms with Gasteiger partial charge in [-0.25, -0.2) is 0 Å². The number of piperidine rings is 1. The molecule has 3 rings (SSSR count). The lowest BCUT2D eigenvalue weighted by atomic mass is 9.88. The predicted octanol–water partition coefficient (Wildman–Crippen LogP) is 3.55. The largest absolute Gasteiger partial charge is 0.317 e. The minimum Gasteiger partial charge on any atom is -0.317 e. The van der Waals surface area contributed by atoms with Crippen molar-refractivity contribution in [3.05, 3.63) is 42.1 Å². The van der Waals surface area contributed by atoms with E-state index in [-0.39, 0.29) is 24.8 Å². The van der Waals surface area contributed by atoms with Gasteiger partial charge in [-0.05, 0) is 49.5 Å². The summed E-state index contributed by atoms with van der Waals surface area (Å²) in [6, 6.07) is 10.6. The summed E-state index contributed by atoms with van der Waals surface area (Å²) in [5.74, 6) is 0.703. The quantitative estimate of drug-likeness (QED) is 0.866. The third-order valence-corrected chi connectivity index (χ3v) is 3.46. The number of fused-ring (bicyclic) bond motifs is 1.